The Hall–Kier alpha value is -2.50. The summed E-state index contributed by atoms with van der Waals surface area (Å²) in [6.07, 6.45) is 0. The summed E-state index contributed by atoms with van der Waals surface area (Å²) in [4.78, 5) is 18.6. The molecule has 6 nitrogen and oxygen atoms in total. The first-order valence-electron chi connectivity index (χ1n) is 5.76. The number of rotatable bonds is 3. The number of hydrogen-bond donors (Lipinski definition) is 2. The Kier molecular flexibility index (Phi) is 3.41. The standard InChI is InChI=1S/C13H14N4O2/c1-7(18)13(8(2)19)17-16-10-4-5-11-12(6-10)15-9(3)14-11/h4-6,18H,1-3H3,(H,14,15)/b13-7-,17-16?. The minimum atomic E-state index is -0.331. The Balaban J connectivity index is 2.35. The summed E-state index contributed by atoms with van der Waals surface area (Å²) in [5.74, 6) is 0.344. The van der Waals surface area contributed by atoms with E-state index in [0.717, 1.165) is 16.9 Å². The van der Waals surface area contributed by atoms with Crippen LogP contribution in [-0.2, 0) is 4.79 Å². The average Bonchev–Trinajstić information content (AvgIpc) is 2.67. The minimum Gasteiger partial charge on any atom is -0.510 e. The maximum atomic E-state index is 11.2. The number of allylic oxidation sites excluding steroid dienone is 2. The molecule has 2 N–H and O–H groups in total. The number of Topliss-reactive ketones (excluding diaryl/α,β-unsaturated/α-hetero) is 1. The Morgan fingerprint density at radius 3 is 2.74 bits per heavy atom. The molecule has 1 aromatic heterocycles. The number of H-pyrrole nitrogens is 1. The van der Waals surface area contributed by atoms with Gasteiger partial charge in [0, 0.05) is 6.92 Å². The Morgan fingerprint density at radius 1 is 1.37 bits per heavy atom. The number of azo groups is 1. The van der Waals surface area contributed by atoms with Crippen LogP contribution in [-0.4, -0.2) is 20.9 Å². The lowest BCUT2D eigenvalue weighted by atomic mass is 10.3. The first-order valence-corrected chi connectivity index (χ1v) is 5.76. The number of carbonyl (C=O) groups excluding carboxylic acids is 1. The van der Waals surface area contributed by atoms with Crippen LogP contribution >= 0.6 is 0 Å². The SMILES string of the molecule is CC(=O)/C(N=Nc1ccc2nc(C)[nH]c2c1)=C(\C)O. The molecule has 0 aliphatic heterocycles. The maximum Gasteiger partial charge on any atom is 0.183 e. The van der Waals surface area contributed by atoms with Gasteiger partial charge in [-0.3, -0.25) is 4.79 Å². The van der Waals surface area contributed by atoms with Crippen molar-refractivity contribution < 1.29 is 9.90 Å². The van der Waals surface area contributed by atoms with Crippen molar-refractivity contribution >= 4 is 22.5 Å². The lowest BCUT2D eigenvalue weighted by molar-refractivity contribution is -0.113. The lowest BCUT2D eigenvalue weighted by Crippen LogP contribution is -1.96. The summed E-state index contributed by atoms with van der Waals surface area (Å²) in [7, 11) is 0. The van der Waals surface area contributed by atoms with E-state index in [1.54, 1.807) is 12.1 Å². The van der Waals surface area contributed by atoms with E-state index in [2.05, 4.69) is 20.2 Å². The molecule has 19 heavy (non-hydrogen) atoms. The van der Waals surface area contributed by atoms with E-state index in [-0.39, 0.29) is 17.2 Å². The van der Waals surface area contributed by atoms with Gasteiger partial charge in [-0.15, -0.1) is 5.11 Å². The van der Waals surface area contributed by atoms with Gasteiger partial charge in [-0.05, 0) is 32.0 Å². The third-order valence-electron chi connectivity index (χ3n) is 2.53. The molecule has 0 saturated carbocycles. The van der Waals surface area contributed by atoms with E-state index < -0.39 is 0 Å². The highest BCUT2D eigenvalue weighted by atomic mass is 16.3. The molecular formula is C13H14N4O2. The van der Waals surface area contributed by atoms with Crippen LogP contribution in [0.5, 0.6) is 0 Å². The zero-order valence-electron chi connectivity index (χ0n) is 10.9. The number of nitrogens with one attached hydrogen (secondary N) is 1. The van der Waals surface area contributed by atoms with Crippen molar-refractivity contribution in [2.24, 2.45) is 10.2 Å². The Morgan fingerprint density at radius 2 is 2.11 bits per heavy atom. The summed E-state index contributed by atoms with van der Waals surface area (Å²) in [5.41, 5.74) is 2.23. The second kappa shape index (κ2) is 5.01. The maximum absolute atomic E-state index is 11.2. The van der Waals surface area contributed by atoms with Crippen LogP contribution in [0, 0.1) is 6.92 Å². The second-order valence-corrected chi connectivity index (χ2v) is 4.21. The number of aryl methyl sites for hydroxylation is 1. The van der Waals surface area contributed by atoms with Crippen molar-refractivity contribution in [2.75, 3.05) is 0 Å². The van der Waals surface area contributed by atoms with Crippen molar-refractivity contribution in [1.29, 1.82) is 0 Å². The van der Waals surface area contributed by atoms with E-state index in [1.807, 2.05) is 13.0 Å². The highest BCUT2D eigenvalue weighted by Crippen LogP contribution is 2.20. The average molecular weight is 258 g/mol. The van der Waals surface area contributed by atoms with Gasteiger partial charge in [0.25, 0.3) is 0 Å². The molecule has 0 fully saturated rings. The van der Waals surface area contributed by atoms with E-state index in [9.17, 15) is 9.90 Å². The van der Waals surface area contributed by atoms with Gasteiger partial charge in [0.1, 0.15) is 11.6 Å². The molecule has 2 aromatic rings. The predicted molar refractivity (Wildman–Crippen MR) is 71.4 cm³/mol. The fourth-order valence-corrected chi connectivity index (χ4v) is 1.69. The quantitative estimate of drug-likeness (QED) is 0.502. The van der Waals surface area contributed by atoms with E-state index in [0.29, 0.717) is 5.69 Å². The van der Waals surface area contributed by atoms with Crippen molar-refractivity contribution in [2.45, 2.75) is 20.8 Å². The first-order chi connectivity index (χ1) is 8.97. The van der Waals surface area contributed by atoms with Gasteiger partial charge < -0.3 is 10.1 Å². The molecule has 0 atom stereocenters. The molecule has 0 amide bonds. The number of aliphatic hydroxyl groups excluding tert-OH is 1. The predicted octanol–water partition coefficient (Wildman–Crippen LogP) is 3.33. The number of aliphatic hydroxyl groups is 1. The number of imidazole rings is 1. The van der Waals surface area contributed by atoms with Crippen molar-refractivity contribution in [3.8, 4) is 0 Å². The number of fused-ring (bicyclic) bond motifs is 1. The second-order valence-electron chi connectivity index (χ2n) is 4.21. The normalized spacial score (nSPS) is 13.0. The molecule has 0 radical (unpaired) electrons. The Bertz CT molecular complexity index is 694. The van der Waals surface area contributed by atoms with Crippen LogP contribution in [0.1, 0.15) is 19.7 Å². The fourth-order valence-electron chi connectivity index (χ4n) is 1.69. The van der Waals surface area contributed by atoms with Gasteiger partial charge in [0.15, 0.2) is 11.5 Å². The topological polar surface area (TPSA) is 90.7 Å². The summed E-state index contributed by atoms with van der Waals surface area (Å²) in [6, 6.07) is 5.34. The molecule has 0 saturated heterocycles. The number of nitrogens with zero attached hydrogens (tertiary/aromatic N) is 3. The highest BCUT2D eigenvalue weighted by Gasteiger charge is 2.07. The molecule has 2 rings (SSSR count). The summed E-state index contributed by atoms with van der Waals surface area (Å²) in [5, 5.41) is 17.0. The number of hydrogen-bond acceptors (Lipinski definition) is 5. The van der Waals surface area contributed by atoms with Gasteiger partial charge in [-0.1, -0.05) is 0 Å². The van der Waals surface area contributed by atoms with Crippen LogP contribution in [0.25, 0.3) is 11.0 Å². The molecule has 6 heteroatoms. The zero-order valence-corrected chi connectivity index (χ0v) is 10.9. The molecule has 0 aliphatic rings. The Labute approximate surface area is 109 Å². The van der Waals surface area contributed by atoms with E-state index in [1.165, 1.54) is 13.8 Å². The molecule has 98 valence electrons. The molecule has 1 aromatic carbocycles. The summed E-state index contributed by atoms with van der Waals surface area (Å²) in [6.45, 7) is 4.60. The third-order valence-corrected chi connectivity index (χ3v) is 2.53. The van der Waals surface area contributed by atoms with E-state index >= 15 is 0 Å². The van der Waals surface area contributed by atoms with Crippen LogP contribution in [0.3, 0.4) is 0 Å². The molecule has 1 heterocycles. The van der Waals surface area contributed by atoms with Crippen LogP contribution in [0.2, 0.25) is 0 Å². The monoisotopic (exact) mass is 258 g/mol. The van der Waals surface area contributed by atoms with Crippen LogP contribution in [0.4, 0.5) is 5.69 Å². The van der Waals surface area contributed by atoms with Crippen LogP contribution < -0.4 is 0 Å². The van der Waals surface area contributed by atoms with Crippen molar-refractivity contribution in [3.63, 3.8) is 0 Å². The zero-order chi connectivity index (χ0) is 14.0. The molecular weight excluding hydrogens is 244 g/mol. The van der Waals surface area contributed by atoms with Gasteiger partial charge >= 0.3 is 0 Å². The number of aromatic nitrogens is 2. The van der Waals surface area contributed by atoms with Crippen molar-refractivity contribution in [3.05, 3.63) is 35.5 Å². The number of carbonyl (C=O) groups is 1. The largest absolute Gasteiger partial charge is 0.510 e. The third kappa shape index (κ3) is 2.85. The minimum absolute atomic E-state index is 0.0408. The van der Waals surface area contributed by atoms with Gasteiger partial charge in [-0.25, -0.2) is 4.98 Å². The van der Waals surface area contributed by atoms with Gasteiger partial charge in [-0.2, -0.15) is 5.11 Å². The van der Waals surface area contributed by atoms with E-state index in [4.69, 9.17) is 0 Å². The number of ketones is 1. The fraction of sp³-hybridized carbons (Fsp3) is 0.231. The van der Waals surface area contributed by atoms with Gasteiger partial charge in [0.2, 0.25) is 0 Å². The smallest absolute Gasteiger partial charge is 0.183 e. The molecule has 0 unspecified atom stereocenters. The van der Waals surface area contributed by atoms with Crippen molar-refractivity contribution in [1.82, 2.24) is 9.97 Å². The van der Waals surface area contributed by atoms with Gasteiger partial charge in [0.05, 0.1) is 16.7 Å². The number of benzene rings is 1. The lowest BCUT2D eigenvalue weighted by Gasteiger charge is -1.97. The molecule has 0 bridgehead atoms. The first kappa shape index (κ1) is 12.9. The van der Waals surface area contributed by atoms with Crippen LogP contribution in [0.15, 0.2) is 39.9 Å². The highest BCUT2D eigenvalue weighted by molar-refractivity contribution is 5.93. The number of aromatic amines is 1. The molecule has 0 aliphatic carbocycles. The molecule has 0 spiro atoms. The summed E-state index contributed by atoms with van der Waals surface area (Å²) < 4.78 is 0. The summed E-state index contributed by atoms with van der Waals surface area (Å²) >= 11 is 0.